The molecule has 0 heterocycles. The third-order valence-electron chi connectivity index (χ3n) is 1.21. The fourth-order valence-electron chi connectivity index (χ4n) is 0.677. The molecule has 43 valence electrons. The van der Waals surface area contributed by atoms with Crippen molar-refractivity contribution in [3.05, 3.63) is 29.8 Å². The van der Waals surface area contributed by atoms with Crippen molar-refractivity contribution in [1.29, 1.82) is 0 Å². The molecule has 0 aromatic heterocycles. The van der Waals surface area contributed by atoms with Crippen LogP contribution in [0.25, 0.3) is 0 Å². The Kier molecular flexibility index (Phi) is 1.71. The zero-order valence-corrected chi connectivity index (χ0v) is 7.31. The van der Waals surface area contributed by atoms with Crippen LogP contribution < -0.4 is 5.19 Å². The molecule has 0 unspecified atom stereocenters. The first-order valence-electron chi connectivity index (χ1n) is 2.78. The molecule has 9 heavy (non-hydrogen) atoms. The molecular weight excluding hydrogens is 124 g/mol. The van der Waals surface area contributed by atoms with Crippen LogP contribution in [0.3, 0.4) is 0 Å². The van der Waals surface area contributed by atoms with Gasteiger partial charge >= 0.3 is 0 Å². The highest BCUT2D eigenvalue weighted by molar-refractivity contribution is 6.33. The third kappa shape index (κ3) is 1.21. The molecular formula is C8H7Si. The highest BCUT2D eigenvalue weighted by Gasteiger charge is 1.88. The molecule has 1 radical (unpaired) electrons. The van der Waals surface area contributed by atoms with Crippen LogP contribution in [0.4, 0.5) is 0 Å². The van der Waals surface area contributed by atoms with Crippen molar-refractivity contribution in [3.8, 4) is 12.3 Å². The molecule has 0 N–H and O–H groups in total. The Morgan fingerprint density at radius 3 is 2.89 bits per heavy atom. The normalized spacial score (nSPS) is 8.78. The van der Waals surface area contributed by atoms with Gasteiger partial charge in [0.15, 0.2) is 0 Å². The van der Waals surface area contributed by atoms with E-state index in [0.717, 1.165) is 15.8 Å². The number of benzene rings is 1. The van der Waals surface area contributed by atoms with Crippen molar-refractivity contribution in [2.45, 2.75) is 0 Å². The summed E-state index contributed by atoms with van der Waals surface area (Å²) in [5, 5.41) is 1.25. The van der Waals surface area contributed by atoms with Gasteiger partial charge in [0.1, 0.15) is 0 Å². The maximum absolute atomic E-state index is 5.19. The Morgan fingerprint density at radius 1 is 1.67 bits per heavy atom. The van der Waals surface area contributed by atoms with Crippen molar-refractivity contribution in [2.24, 2.45) is 0 Å². The Morgan fingerprint density at radius 2 is 2.44 bits per heavy atom. The first kappa shape index (κ1) is 6.12. The van der Waals surface area contributed by atoms with Crippen LogP contribution in [0.2, 0.25) is 0 Å². The van der Waals surface area contributed by atoms with E-state index in [1.54, 1.807) is 0 Å². The predicted octanol–water partition coefficient (Wildman–Crippen LogP) is -0.541. The summed E-state index contributed by atoms with van der Waals surface area (Å²) in [6.07, 6.45) is 5.19. The molecule has 0 aliphatic heterocycles. The van der Waals surface area contributed by atoms with Gasteiger partial charge in [-0.05, 0) is 6.07 Å². The zero-order valence-electron chi connectivity index (χ0n) is 5.31. The largest absolute Gasteiger partial charge is 0.115 e. The van der Waals surface area contributed by atoms with Crippen molar-refractivity contribution in [1.82, 2.24) is 0 Å². The molecule has 0 atom stereocenters. The second-order valence-electron chi connectivity index (χ2n) is 1.87. The van der Waals surface area contributed by atoms with Crippen LogP contribution >= 0.6 is 0 Å². The monoisotopic (exact) mass is 131 g/mol. The van der Waals surface area contributed by atoms with Crippen LogP contribution in [0.15, 0.2) is 18.2 Å². The van der Waals surface area contributed by atoms with E-state index in [9.17, 15) is 0 Å². The van der Waals surface area contributed by atoms with Crippen LogP contribution in [0, 0.1) is 18.4 Å². The average molecular weight is 131 g/mol. The molecule has 0 nitrogen and oxygen atoms in total. The molecule has 0 saturated carbocycles. The maximum Gasteiger partial charge on any atom is 0.0401 e. The van der Waals surface area contributed by atoms with Gasteiger partial charge in [0.2, 0.25) is 0 Å². The second-order valence-corrected chi connectivity index (χ2v) is 2.95. The molecule has 0 aliphatic rings. The summed E-state index contributed by atoms with van der Waals surface area (Å²) in [7, 11) is 1.01. The minimum Gasteiger partial charge on any atom is -0.115 e. The van der Waals surface area contributed by atoms with Gasteiger partial charge in [0.05, 0.1) is 0 Å². The van der Waals surface area contributed by atoms with Crippen LogP contribution in [-0.2, 0) is 0 Å². The number of terminal acetylenes is 1. The van der Waals surface area contributed by atoms with Gasteiger partial charge < -0.3 is 0 Å². The lowest BCUT2D eigenvalue weighted by atomic mass is 10.2. The van der Waals surface area contributed by atoms with Crippen LogP contribution in [0.1, 0.15) is 5.56 Å². The number of hydrogen-bond donors (Lipinski definition) is 0. The topological polar surface area (TPSA) is 0 Å². The standard InChI is InChI=1S/C8H7Si/c1-2-7-5-3-4-6-8(7)9/h1,3-4,6H,9H3. The first-order valence-corrected chi connectivity index (χ1v) is 3.78. The molecule has 1 rings (SSSR count). The van der Waals surface area contributed by atoms with Crippen molar-refractivity contribution in [2.75, 3.05) is 0 Å². The molecule has 0 fully saturated rings. The third-order valence-corrected chi connectivity index (χ3v) is 2.04. The van der Waals surface area contributed by atoms with Crippen LogP contribution in [-0.4, -0.2) is 10.2 Å². The smallest absolute Gasteiger partial charge is 0.0401 e. The lowest BCUT2D eigenvalue weighted by molar-refractivity contribution is 1.69. The molecule has 0 saturated heterocycles. The van der Waals surface area contributed by atoms with E-state index in [1.807, 2.05) is 18.2 Å². The summed E-state index contributed by atoms with van der Waals surface area (Å²) >= 11 is 0. The lowest BCUT2D eigenvalue weighted by Crippen LogP contribution is -2.05. The van der Waals surface area contributed by atoms with E-state index in [4.69, 9.17) is 6.42 Å². The van der Waals surface area contributed by atoms with Crippen molar-refractivity contribution < 1.29 is 0 Å². The van der Waals surface area contributed by atoms with E-state index < -0.39 is 0 Å². The van der Waals surface area contributed by atoms with Gasteiger partial charge in [-0.1, -0.05) is 29.3 Å². The summed E-state index contributed by atoms with van der Waals surface area (Å²) in [6.45, 7) is 0. The van der Waals surface area contributed by atoms with Gasteiger partial charge in [0.25, 0.3) is 0 Å². The van der Waals surface area contributed by atoms with Gasteiger partial charge in [-0.15, -0.1) is 6.42 Å². The molecule has 0 aliphatic carbocycles. The molecule has 1 aromatic carbocycles. The Balaban J connectivity index is 3.20. The fraction of sp³-hybridized carbons (Fsp3) is 0. The molecule has 1 aromatic rings. The SMILES string of the molecule is C#Cc1[c]cccc1[SiH3]. The van der Waals surface area contributed by atoms with E-state index in [2.05, 4.69) is 12.0 Å². The summed E-state index contributed by atoms with van der Waals surface area (Å²) in [5.41, 5.74) is 0.921. The molecule has 1 heteroatoms. The van der Waals surface area contributed by atoms with Gasteiger partial charge in [0, 0.05) is 15.8 Å². The van der Waals surface area contributed by atoms with E-state index >= 15 is 0 Å². The zero-order chi connectivity index (χ0) is 6.69. The maximum atomic E-state index is 5.19. The number of hydrogen-bond acceptors (Lipinski definition) is 0. The summed E-state index contributed by atoms with van der Waals surface area (Å²) in [6, 6.07) is 8.83. The van der Waals surface area contributed by atoms with Gasteiger partial charge in [-0.2, -0.15) is 0 Å². The van der Waals surface area contributed by atoms with Crippen LogP contribution in [0.5, 0.6) is 0 Å². The first-order chi connectivity index (χ1) is 4.34. The summed E-state index contributed by atoms with van der Waals surface area (Å²) in [4.78, 5) is 0. The Hall–Kier alpha value is -1.00. The molecule has 0 amide bonds. The molecule has 0 spiro atoms. The van der Waals surface area contributed by atoms with Crippen molar-refractivity contribution >= 4 is 15.4 Å². The van der Waals surface area contributed by atoms with Crippen molar-refractivity contribution in [3.63, 3.8) is 0 Å². The average Bonchev–Trinajstić information content (AvgIpc) is 1.89. The summed E-state index contributed by atoms with van der Waals surface area (Å²) < 4.78 is 0. The predicted molar refractivity (Wildman–Crippen MR) is 42.8 cm³/mol. The Bertz CT molecular complexity index is 245. The van der Waals surface area contributed by atoms with Gasteiger partial charge in [-0.3, -0.25) is 0 Å². The highest BCUT2D eigenvalue weighted by Crippen LogP contribution is 1.88. The lowest BCUT2D eigenvalue weighted by Gasteiger charge is -1.92. The van der Waals surface area contributed by atoms with Gasteiger partial charge in [-0.25, -0.2) is 0 Å². The van der Waals surface area contributed by atoms with E-state index in [0.29, 0.717) is 0 Å². The fourth-order valence-corrected chi connectivity index (χ4v) is 1.16. The minimum absolute atomic E-state index is 0.921. The van der Waals surface area contributed by atoms with E-state index in [1.165, 1.54) is 5.19 Å². The Labute approximate surface area is 58.3 Å². The molecule has 0 bridgehead atoms. The quantitative estimate of drug-likeness (QED) is 0.328. The van der Waals surface area contributed by atoms with E-state index in [-0.39, 0.29) is 0 Å². The summed E-state index contributed by atoms with van der Waals surface area (Å²) in [5.74, 6) is 2.57. The minimum atomic E-state index is 0.921. The second kappa shape index (κ2) is 2.52. The highest BCUT2D eigenvalue weighted by atomic mass is 28.1. The number of rotatable bonds is 0.